The zero-order valence-electron chi connectivity index (χ0n) is 5.66. The van der Waals surface area contributed by atoms with Gasteiger partial charge in [-0.15, -0.1) is 6.42 Å². The van der Waals surface area contributed by atoms with Gasteiger partial charge in [0.05, 0.1) is 0 Å². The number of terminal acetylenes is 1. The molecule has 0 fully saturated rings. The molecule has 52 valence electrons. The Balaban J connectivity index is 2.99. The van der Waals surface area contributed by atoms with E-state index in [-0.39, 0.29) is 0 Å². The fraction of sp³-hybridized carbons (Fsp3) is 0.250. The highest BCUT2D eigenvalue weighted by molar-refractivity contribution is 7.08. The van der Waals surface area contributed by atoms with Gasteiger partial charge >= 0.3 is 0 Å². The lowest BCUT2D eigenvalue weighted by Gasteiger charge is -2.13. The molecule has 0 saturated carbocycles. The quantitative estimate of drug-likeness (QED) is 0.606. The third kappa shape index (κ3) is 1.21. The second-order valence-corrected chi connectivity index (χ2v) is 3.01. The molecule has 1 unspecified atom stereocenters. The minimum absolute atomic E-state index is 0.792. The van der Waals surface area contributed by atoms with Crippen LogP contribution in [0, 0.1) is 12.3 Å². The van der Waals surface area contributed by atoms with Gasteiger partial charge in [0.25, 0.3) is 0 Å². The molecular weight excluding hydrogens is 144 g/mol. The first kappa shape index (κ1) is 7.33. The van der Waals surface area contributed by atoms with Gasteiger partial charge in [-0.25, -0.2) is 0 Å². The SMILES string of the molecule is C#CC(C)(O)c1ccsc1. The van der Waals surface area contributed by atoms with Crippen LogP contribution in [0.5, 0.6) is 0 Å². The van der Waals surface area contributed by atoms with Crippen LogP contribution >= 0.6 is 11.3 Å². The Hall–Kier alpha value is -0.780. The van der Waals surface area contributed by atoms with Crippen molar-refractivity contribution in [2.75, 3.05) is 0 Å². The first-order chi connectivity index (χ1) is 4.67. The van der Waals surface area contributed by atoms with E-state index >= 15 is 0 Å². The van der Waals surface area contributed by atoms with Crippen LogP contribution in [-0.4, -0.2) is 5.11 Å². The minimum Gasteiger partial charge on any atom is -0.374 e. The van der Waals surface area contributed by atoms with E-state index in [4.69, 9.17) is 6.42 Å². The summed E-state index contributed by atoms with van der Waals surface area (Å²) in [7, 11) is 0. The second-order valence-electron chi connectivity index (χ2n) is 2.23. The molecule has 0 saturated heterocycles. The van der Waals surface area contributed by atoms with E-state index in [1.54, 1.807) is 6.92 Å². The fourth-order valence-electron chi connectivity index (χ4n) is 0.625. The van der Waals surface area contributed by atoms with Crippen molar-refractivity contribution in [2.24, 2.45) is 0 Å². The zero-order valence-corrected chi connectivity index (χ0v) is 6.48. The average molecular weight is 152 g/mol. The van der Waals surface area contributed by atoms with Gasteiger partial charge in [0.1, 0.15) is 5.60 Å². The molecule has 0 spiro atoms. The molecule has 1 atom stereocenters. The Morgan fingerprint density at radius 2 is 2.50 bits per heavy atom. The second kappa shape index (κ2) is 2.45. The summed E-state index contributed by atoms with van der Waals surface area (Å²) in [6.45, 7) is 1.61. The molecule has 1 N–H and O–H groups in total. The van der Waals surface area contributed by atoms with E-state index in [0.717, 1.165) is 5.56 Å². The Morgan fingerprint density at radius 3 is 2.90 bits per heavy atom. The molecule has 0 amide bonds. The summed E-state index contributed by atoms with van der Waals surface area (Å²) in [5.74, 6) is 2.31. The maximum absolute atomic E-state index is 9.45. The van der Waals surface area contributed by atoms with Gasteiger partial charge < -0.3 is 5.11 Å². The summed E-state index contributed by atoms with van der Waals surface area (Å²) in [6.07, 6.45) is 5.10. The van der Waals surface area contributed by atoms with E-state index in [1.165, 1.54) is 11.3 Å². The molecule has 1 rings (SSSR count). The van der Waals surface area contributed by atoms with Gasteiger partial charge in [0.2, 0.25) is 0 Å². The summed E-state index contributed by atoms with van der Waals surface area (Å²) in [5.41, 5.74) is -0.306. The number of rotatable bonds is 1. The highest BCUT2D eigenvalue weighted by Gasteiger charge is 2.18. The molecule has 0 aliphatic carbocycles. The molecule has 0 radical (unpaired) electrons. The average Bonchev–Trinajstić information content (AvgIpc) is 2.38. The van der Waals surface area contributed by atoms with Crippen molar-refractivity contribution in [3.05, 3.63) is 22.4 Å². The Bertz CT molecular complexity index is 241. The van der Waals surface area contributed by atoms with Gasteiger partial charge in [-0.1, -0.05) is 5.92 Å². The van der Waals surface area contributed by atoms with Crippen molar-refractivity contribution in [1.82, 2.24) is 0 Å². The lowest BCUT2D eigenvalue weighted by molar-refractivity contribution is 0.123. The normalized spacial score (nSPS) is 15.7. The number of aliphatic hydroxyl groups is 1. The third-order valence-corrected chi connectivity index (χ3v) is 2.05. The Morgan fingerprint density at radius 1 is 1.80 bits per heavy atom. The van der Waals surface area contributed by atoms with Crippen LogP contribution in [0.15, 0.2) is 16.8 Å². The van der Waals surface area contributed by atoms with Crippen molar-refractivity contribution in [2.45, 2.75) is 12.5 Å². The maximum Gasteiger partial charge on any atom is 0.148 e. The molecule has 1 aromatic rings. The van der Waals surface area contributed by atoms with Crippen LogP contribution in [0.1, 0.15) is 12.5 Å². The van der Waals surface area contributed by atoms with Gasteiger partial charge in [-0.2, -0.15) is 11.3 Å². The van der Waals surface area contributed by atoms with E-state index in [1.807, 2.05) is 16.8 Å². The summed E-state index contributed by atoms with van der Waals surface area (Å²) in [5, 5.41) is 13.2. The van der Waals surface area contributed by atoms with E-state index in [0.29, 0.717) is 0 Å². The third-order valence-electron chi connectivity index (χ3n) is 1.36. The lowest BCUT2D eigenvalue weighted by Crippen LogP contribution is -2.16. The monoisotopic (exact) mass is 152 g/mol. The van der Waals surface area contributed by atoms with Crippen LogP contribution in [0.3, 0.4) is 0 Å². The van der Waals surface area contributed by atoms with Crippen LogP contribution < -0.4 is 0 Å². The molecule has 0 aliphatic rings. The molecule has 1 aromatic heterocycles. The van der Waals surface area contributed by atoms with E-state index < -0.39 is 5.60 Å². The number of thiophene rings is 1. The minimum atomic E-state index is -1.10. The molecule has 0 aromatic carbocycles. The highest BCUT2D eigenvalue weighted by Crippen LogP contribution is 2.21. The molecule has 1 heterocycles. The molecule has 0 aliphatic heterocycles. The largest absolute Gasteiger partial charge is 0.374 e. The summed E-state index contributed by atoms with van der Waals surface area (Å²) in [6, 6.07) is 1.82. The molecule has 1 nitrogen and oxygen atoms in total. The smallest absolute Gasteiger partial charge is 0.148 e. The molecular formula is C8H8OS. The first-order valence-corrected chi connectivity index (χ1v) is 3.84. The van der Waals surface area contributed by atoms with Crippen LogP contribution in [-0.2, 0) is 5.60 Å². The Kier molecular flexibility index (Phi) is 1.80. The molecule has 2 heteroatoms. The van der Waals surface area contributed by atoms with E-state index in [9.17, 15) is 5.11 Å². The number of hydrogen-bond acceptors (Lipinski definition) is 2. The topological polar surface area (TPSA) is 20.2 Å². The predicted molar refractivity (Wildman–Crippen MR) is 42.7 cm³/mol. The predicted octanol–water partition coefficient (Wildman–Crippen LogP) is 1.59. The van der Waals surface area contributed by atoms with Crippen molar-refractivity contribution in [3.8, 4) is 12.3 Å². The molecule has 0 bridgehead atoms. The lowest BCUT2D eigenvalue weighted by atomic mass is 10.0. The standard InChI is InChI=1S/C8H8OS/c1-3-8(2,9)7-4-5-10-6-7/h1,4-6,9H,2H3. The summed E-state index contributed by atoms with van der Waals surface area (Å²) in [4.78, 5) is 0. The van der Waals surface area contributed by atoms with Gasteiger partial charge in [-0.05, 0) is 23.8 Å². The summed E-state index contributed by atoms with van der Waals surface area (Å²) >= 11 is 1.53. The van der Waals surface area contributed by atoms with Crippen LogP contribution in [0.4, 0.5) is 0 Å². The first-order valence-electron chi connectivity index (χ1n) is 2.89. The van der Waals surface area contributed by atoms with Gasteiger partial charge in [-0.3, -0.25) is 0 Å². The van der Waals surface area contributed by atoms with Crippen molar-refractivity contribution in [3.63, 3.8) is 0 Å². The summed E-state index contributed by atoms with van der Waals surface area (Å²) < 4.78 is 0. The van der Waals surface area contributed by atoms with Crippen LogP contribution in [0.2, 0.25) is 0 Å². The van der Waals surface area contributed by atoms with Gasteiger partial charge in [0, 0.05) is 5.56 Å². The van der Waals surface area contributed by atoms with Crippen molar-refractivity contribution >= 4 is 11.3 Å². The number of hydrogen-bond donors (Lipinski definition) is 1. The van der Waals surface area contributed by atoms with Crippen molar-refractivity contribution < 1.29 is 5.11 Å². The maximum atomic E-state index is 9.45. The zero-order chi connectivity index (χ0) is 7.61. The fourth-order valence-corrected chi connectivity index (χ4v) is 1.38. The van der Waals surface area contributed by atoms with Gasteiger partial charge in [0.15, 0.2) is 0 Å². The molecule has 10 heavy (non-hydrogen) atoms. The Labute approximate surface area is 64.3 Å². The highest BCUT2D eigenvalue weighted by atomic mass is 32.1. The van der Waals surface area contributed by atoms with Crippen LogP contribution in [0.25, 0.3) is 0 Å². The van der Waals surface area contributed by atoms with E-state index in [2.05, 4.69) is 5.92 Å². The van der Waals surface area contributed by atoms with Crippen molar-refractivity contribution in [1.29, 1.82) is 0 Å².